The summed E-state index contributed by atoms with van der Waals surface area (Å²) in [5, 5.41) is 12.5. The number of rotatable bonds is 3. The zero-order valence-corrected chi connectivity index (χ0v) is 15.4. The van der Waals surface area contributed by atoms with Crippen LogP contribution in [0.2, 0.25) is 0 Å². The topological polar surface area (TPSA) is 86.7 Å². The van der Waals surface area contributed by atoms with Gasteiger partial charge in [-0.1, -0.05) is 28.1 Å². The van der Waals surface area contributed by atoms with E-state index in [2.05, 4.69) is 21.2 Å². The van der Waals surface area contributed by atoms with E-state index in [9.17, 15) is 23.9 Å². The first-order chi connectivity index (χ1) is 12.9. The highest BCUT2D eigenvalue weighted by Crippen LogP contribution is 2.45. The fourth-order valence-corrected chi connectivity index (χ4v) is 4.12. The van der Waals surface area contributed by atoms with Crippen molar-refractivity contribution in [1.82, 2.24) is 5.32 Å². The maximum atomic E-state index is 13.2. The van der Waals surface area contributed by atoms with Crippen molar-refractivity contribution in [2.45, 2.75) is 12.1 Å². The van der Waals surface area contributed by atoms with Crippen LogP contribution in [0, 0.1) is 17.7 Å². The third kappa shape index (κ3) is 2.85. The molecule has 2 aromatic carbocycles. The van der Waals surface area contributed by atoms with Gasteiger partial charge in [0, 0.05) is 10.5 Å². The molecule has 0 bridgehead atoms. The minimum Gasteiger partial charge on any atom is -0.480 e. The number of nitrogens with one attached hydrogen (secondary N) is 1. The molecule has 2 aromatic rings. The van der Waals surface area contributed by atoms with E-state index in [1.807, 2.05) is 0 Å². The normalized spacial score (nSPS) is 27.1. The van der Waals surface area contributed by atoms with E-state index >= 15 is 0 Å². The third-order valence-corrected chi connectivity index (χ3v) is 5.58. The molecule has 6 nitrogen and oxygen atoms in total. The summed E-state index contributed by atoms with van der Waals surface area (Å²) in [5.41, 5.74) is 0.957. The number of imide groups is 1. The number of carboxylic acid groups (broad SMARTS) is 1. The first-order valence-electron chi connectivity index (χ1n) is 8.26. The average molecular weight is 433 g/mol. The van der Waals surface area contributed by atoms with Crippen LogP contribution in [-0.2, 0) is 14.4 Å². The molecule has 4 rings (SSSR count). The molecule has 2 fully saturated rings. The fourth-order valence-electron chi connectivity index (χ4n) is 3.86. The van der Waals surface area contributed by atoms with Gasteiger partial charge in [-0.15, -0.1) is 0 Å². The lowest BCUT2D eigenvalue weighted by molar-refractivity contribution is -0.142. The summed E-state index contributed by atoms with van der Waals surface area (Å²) in [5.74, 6) is -4.61. The van der Waals surface area contributed by atoms with Crippen LogP contribution in [0.15, 0.2) is 53.0 Å². The predicted octanol–water partition coefficient (Wildman–Crippen LogP) is 2.49. The first kappa shape index (κ1) is 17.8. The average Bonchev–Trinajstić information content (AvgIpc) is 3.15. The van der Waals surface area contributed by atoms with Gasteiger partial charge in [0.25, 0.3) is 0 Å². The molecule has 4 atom stereocenters. The van der Waals surface area contributed by atoms with E-state index in [0.29, 0.717) is 0 Å². The highest BCUT2D eigenvalue weighted by Gasteiger charge is 2.61. The first-order valence-corrected chi connectivity index (χ1v) is 9.05. The molecule has 2 aliphatic rings. The Hall–Kier alpha value is -2.58. The van der Waals surface area contributed by atoms with Gasteiger partial charge >= 0.3 is 5.97 Å². The molecule has 2 aliphatic heterocycles. The van der Waals surface area contributed by atoms with Gasteiger partial charge in [-0.05, 0) is 42.0 Å². The van der Waals surface area contributed by atoms with Crippen molar-refractivity contribution in [2.24, 2.45) is 11.8 Å². The summed E-state index contributed by atoms with van der Waals surface area (Å²) in [6.07, 6.45) is 0. The van der Waals surface area contributed by atoms with Crippen molar-refractivity contribution in [2.75, 3.05) is 4.90 Å². The maximum absolute atomic E-state index is 13.2. The van der Waals surface area contributed by atoms with Gasteiger partial charge in [0.1, 0.15) is 11.9 Å². The van der Waals surface area contributed by atoms with Gasteiger partial charge in [0.2, 0.25) is 11.8 Å². The number of hydrogen-bond acceptors (Lipinski definition) is 4. The molecule has 0 spiro atoms. The Morgan fingerprint density at radius 2 is 1.59 bits per heavy atom. The summed E-state index contributed by atoms with van der Waals surface area (Å²) in [6.45, 7) is 0. The van der Waals surface area contributed by atoms with Crippen molar-refractivity contribution in [3.63, 3.8) is 0 Å². The highest BCUT2D eigenvalue weighted by molar-refractivity contribution is 9.10. The largest absolute Gasteiger partial charge is 0.480 e. The Kier molecular flexibility index (Phi) is 4.32. The molecular weight excluding hydrogens is 419 g/mol. The number of nitrogens with zero attached hydrogens (tertiary/aromatic N) is 1. The molecule has 2 amide bonds. The van der Waals surface area contributed by atoms with Gasteiger partial charge in [-0.3, -0.25) is 19.7 Å². The molecule has 0 aliphatic carbocycles. The number of carbonyl (C=O) groups is 3. The molecular formula is C19H14BrFN2O4. The molecule has 2 N–H and O–H groups in total. The van der Waals surface area contributed by atoms with Crippen LogP contribution in [0.3, 0.4) is 0 Å². The predicted molar refractivity (Wildman–Crippen MR) is 97.3 cm³/mol. The van der Waals surface area contributed by atoms with Gasteiger partial charge in [-0.25, -0.2) is 9.29 Å². The monoisotopic (exact) mass is 432 g/mol. The smallest absolute Gasteiger partial charge is 0.321 e. The lowest BCUT2D eigenvalue weighted by Crippen LogP contribution is -2.43. The van der Waals surface area contributed by atoms with Crippen molar-refractivity contribution in [3.8, 4) is 0 Å². The van der Waals surface area contributed by atoms with E-state index in [-0.39, 0.29) is 5.69 Å². The molecule has 27 heavy (non-hydrogen) atoms. The van der Waals surface area contributed by atoms with Crippen LogP contribution in [0.1, 0.15) is 11.6 Å². The number of anilines is 1. The Morgan fingerprint density at radius 3 is 2.19 bits per heavy atom. The summed E-state index contributed by atoms with van der Waals surface area (Å²) in [4.78, 5) is 38.7. The molecule has 2 heterocycles. The minimum absolute atomic E-state index is 0.236. The molecule has 0 saturated carbocycles. The number of carboxylic acids is 1. The van der Waals surface area contributed by atoms with Crippen molar-refractivity contribution >= 4 is 39.4 Å². The van der Waals surface area contributed by atoms with Crippen molar-refractivity contribution < 1.29 is 23.9 Å². The number of halogens is 2. The lowest BCUT2D eigenvalue weighted by Gasteiger charge is -2.21. The van der Waals surface area contributed by atoms with Gasteiger partial charge in [0.15, 0.2) is 0 Å². The van der Waals surface area contributed by atoms with Crippen LogP contribution in [0.4, 0.5) is 10.1 Å². The fraction of sp³-hybridized carbons (Fsp3) is 0.211. The van der Waals surface area contributed by atoms with Gasteiger partial charge < -0.3 is 5.11 Å². The molecule has 8 heteroatoms. The number of aliphatic carboxylic acids is 1. The summed E-state index contributed by atoms with van der Waals surface area (Å²) >= 11 is 3.34. The molecule has 2 saturated heterocycles. The van der Waals surface area contributed by atoms with Gasteiger partial charge in [-0.2, -0.15) is 0 Å². The molecule has 0 radical (unpaired) electrons. The molecule has 0 aromatic heterocycles. The third-order valence-electron chi connectivity index (χ3n) is 5.06. The summed E-state index contributed by atoms with van der Waals surface area (Å²) < 4.78 is 14.0. The Bertz CT molecular complexity index is 932. The van der Waals surface area contributed by atoms with Crippen molar-refractivity contribution in [1.29, 1.82) is 0 Å². The Morgan fingerprint density at radius 1 is 1.00 bits per heavy atom. The summed E-state index contributed by atoms with van der Waals surface area (Å²) in [6, 6.07) is 10.3. The van der Waals surface area contributed by atoms with E-state index < -0.39 is 47.5 Å². The van der Waals surface area contributed by atoms with E-state index in [1.165, 1.54) is 12.1 Å². The van der Waals surface area contributed by atoms with Crippen LogP contribution >= 0.6 is 15.9 Å². The second-order valence-corrected chi connectivity index (χ2v) is 7.47. The van der Waals surface area contributed by atoms with Crippen LogP contribution in [-0.4, -0.2) is 28.9 Å². The van der Waals surface area contributed by atoms with Crippen LogP contribution < -0.4 is 10.2 Å². The molecule has 0 unspecified atom stereocenters. The second kappa shape index (κ2) is 6.54. The summed E-state index contributed by atoms with van der Waals surface area (Å²) in [7, 11) is 0. The van der Waals surface area contributed by atoms with E-state index in [1.54, 1.807) is 24.3 Å². The highest BCUT2D eigenvalue weighted by atomic mass is 79.9. The number of fused-ring (bicyclic) bond motifs is 1. The molecule has 138 valence electrons. The van der Waals surface area contributed by atoms with E-state index in [4.69, 9.17) is 0 Å². The zero-order valence-electron chi connectivity index (χ0n) is 13.8. The van der Waals surface area contributed by atoms with Crippen LogP contribution in [0.25, 0.3) is 0 Å². The second-order valence-electron chi connectivity index (χ2n) is 6.55. The Balaban J connectivity index is 1.76. The SMILES string of the molecule is O=C(O)[C@@H]1N[C@H](c2ccc(Br)cc2)[C@@H]2C(=O)N(c3ccc(F)cc3)C(=O)[C@@H]21. The lowest BCUT2D eigenvalue weighted by atomic mass is 9.86. The minimum atomic E-state index is -1.19. The number of amides is 2. The quantitative estimate of drug-likeness (QED) is 0.727. The Labute approximate surface area is 162 Å². The maximum Gasteiger partial charge on any atom is 0.321 e. The standard InChI is InChI=1S/C19H14BrFN2O4/c20-10-3-1-9(2-4-10)15-13-14(16(22-15)19(26)27)18(25)23(17(13)24)12-7-5-11(21)6-8-12/h1-8,13-16,22H,(H,26,27)/t13-,14+,15-,16-/m1/s1. The number of hydrogen-bond donors (Lipinski definition) is 2. The van der Waals surface area contributed by atoms with Crippen molar-refractivity contribution in [3.05, 3.63) is 64.4 Å². The van der Waals surface area contributed by atoms with Gasteiger partial charge in [0.05, 0.1) is 17.5 Å². The number of benzene rings is 2. The number of carbonyl (C=O) groups excluding carboxylic acids is 2. The zero-order chi connectivity index (χ0) is 19.3. The van der Waals surface area contributed by atoms with Crippen LogP contribution in [0.5, 0.6) is 0 Å². The van der Waals surface area contributed by atoms with E-state index in [0.717, 1.165) is 27.1 Å².